The van der Waals surface area contributed by atoms with Crippen LogP contribution in [0.15, 0.2) is 29.3 Å². The van der Waals surface area contributed by atoms with Crippen LogP contribution in [0.4, 0.5) is 0 Å². The van der Waals surface area contributed by atoms with Crippen LogP contribution in [0.3, 0.4) is 0 Å². The maximum atomic E-state index is 5.39. The second-order valence-corrected chi connectivity index (χ2v) is 6.26. The molecule has 136 valence electrons. The lowest BCUT2D eigenvalue weighted by atomic mass is 10.1. The van der Waals surface area contributed by atoms with Crippen LogP contribution in [-0.4, -0.2) is 51.2 Å². The van der Waals surface area contributed by atoms with Crippen molar-refractivity contribution in [2.45, 2.75) is 32.4 Å². The summed E-state index contributed by atoms with van der Waals surface area (Å²) in [7, 11) is 6.01. The fourth-order valence-electron chi connectivity index (χ4n) is 2.79. The number of guanidine groups is 1. The lowest BCUT2D eigenvalue weighted by Gasteiger charge is -2.25. The summed E-state index contributed by atoms with van der Waals surface area (Å²) in [6.45, 7) is 4.48. The maximum absolute atomic E-state index is 5.39. The number of halogens is 1. The van der Waals surface area contributed by atoms with Crippen LogP contribution in [0.25, 0.3) is 0 Å². The molecule has 1 aliphatic carbocycles. The summed E-state index contributed by atoms with van der Waals surface area (Å²) >= 11 is 0. The first-order valence-electron chi connectivity index (χ1n) is 8.46. The van der Waals surface area contributed by atoms with Crippen LogP contribution >= 0.6 is 24.0 Å². The lowest BCUT2D eigenvalue weighted by molar-refractivity contribution is 0.264. The molecule has 5 nitrogen and oxygen atoms in total. The SMILES string of the molecule is CCNC(=NCc1ccccc1OC)NCC(C1CC1)N(C)C.I. The van der Waals surface area contributed by atoms with E-state index >= 15 is 0 Å². The molecule has 1 unspecified atom stereocenters. The normalized spacial score (nSPS) is 15.6. The van der Waals surface area contributed by atoms with E-state index in [2.05, 4.69) is 42.6 Å². The van der Waals surface area contributed by atoms with E-state index in [1.54, 1.807) is 7.11 Å². The molecule has 0 aromatic heterocycles. The first kappa shape index (κ1) is 21.0. The van der Waals surface area contributed by atoms with Crippen LogP contribution in [-0.2, 0) is 6.54 Å². The van der Waals surface area contributed by atoms with Crippen molar-refractivity contribution >= 4 is 29.9 Å². The molecule has 1 atom stereocenters. The maximum Gasteiger partial charge on any atom is 0.191 e. The predicted octanol–water partition coefficient (Wildman–Crippen LogP) is 2.71. The van der Waals surface area contributed by atoms with Gasteiger partial charge < -0.3 is 20.3 Å². The molecule has 0 bridgehead atoms. The van der Waals surface area contributed by atoms with E-state index in [9.17, 15) is 0 Å². The number of nitrogens with one attached hydrogen (secondary N) is 2. The average molecular weight is 446 g/mol. The minimum absolute atomic E-state index is 0. The second-order valence-electron chi connectivity index (χ2n) is 6.26. The molecule has 1 saturated carbocycles. The van der Waals surface area contributed by atoms with Crippen LogP contribution in [0.1, 0.15) is 25.3 Å². The summed E-state index contributed by atoms with van der Waals surface area (Å²) in [5.41, 5.74) is 1.10. The van der Waals surface area contributed by atoms with Gasteiger partial charge in [0.05, 0.1) is 13.7 Å². The highest BCUT2D eigenvalue weighted by molar-refractivity contribution is 14.0. The van der Waals surface area contributed by atoms with Crippen LogP contribution in [0, 0.1) is 5.92 Å². The van der Waals surface area contributed by atoms with Crippen molar-refractivity contribution in [3.05, 3.63) is 29.8 Å². The Hall–Kier alpha value is -1.02. The molecule has 6 heteroatoms. The van der Waals surface area contributed by atoms with E-state index in [1.807, 2.05) is 18.2 Å². The monoisotopic (exact) mass is 446 g/mol. The molecule has 0 spiro atoms. The van der Waals surface area contributed by atoms with E-state index in [4.69, 9.17) is 9.73 Å². The van der Waals surface area contributed by atoms with E-state index in [-0.39, 0.29) is 24.0 Å². The number of para-hydroxylation sites is 1. The van der Waals surface area contributed by atoms with Crippen LogP contribution in [0.5, 0.6) is 5.75 Å². The molecule has 2 N–H and O–H groups in total. The Morgan fingerprint density at radius 2 is 2.00 bits per heavy atom. The highest BCUT2D eigenvalue weighted by Gasteiger charge is 2.32. The van der Waals surface area contributed by atoms with Gasteiger partial charge in [-0.1, -0.05) is 18.2 Å². The molecule has 0 radical (unpaired) electrons. The largest absolute Gasteiger partial charge is 0.496 e. The zero-order valence-corrected chi connectivity index (χ0v) is 17.5. The number of methoxy groups -OCH3 is 1. The molecule has 1 aliphatic rings. The van der Waals surface area contributed by atoms with Gasteiger partial charge in [0, 0.05) is 24.7 Å². The smallest absolute Gasteiger partial charge is 0.191 e. The number of hydrogen-bond donors (Lipinski definition) is 2. The quantitative estimate of drug-likeness (QED) is 0.366. The van der Waals surface area contributed by atoms with E-state index in [0.29, 0.717) is 12.6 Å². The Kier molecular flexibility index (Phi) is 9.43. The summed E-state index contributed by atoms with van der Waals surface area (Å²) < 4.78 is 5.39. The third-order valence-electron chi connectivity index (χ3n) is 4.25. The molecule has 1 fully saturated rings. The zero-order chi connectivity index (χ0) is 16.7. The molecule has 2 rings (SSSR count). The van der Waals surface area contributed by atoms with Crippen molar-refractivity contribution in [1.82, 2.24) is 15.5 Å². The average Bonchev–Trinajstić information content (AvgIpc) is 3.37. The number of likely N-dealkylation sites (N-methyl/N-ethyl adjacent to an activating group) is 1. The van der Waals surface area contributed by atoms with Crippen LogP contribution in [0.2, 0.25) is 0 Å². The minimum atomic E-state index is 0. The van der Waals surface area contributed by atoms with Gasteiger partial charge in [-0.15, -0.1) is 24.0 Å². The van der Waals surface area contributed by atoms with E-state index in [0.717, 1.165) is 36.3 Å². The van der Waals surface area contributed by atoms with Crippen molar-refractivity contribution in [2.24, 2.45) is 10.9 Å². The topological polar surface area (TPSA) is 48.9 Å². The third-order valence-corrected chi connectivity index (χ3v) is 4.25. The van der Waals surface area contributed by atoms with Gasteiger partial charge in [-0.25, -0.2) is 4.99 Å². The Balaban J connectivity index is 0.00000288. The molecule has 0 saturated heterocycles. The van der Waals surface area contributed by atoms with Crippen molar-refractivity contribution in [1.29, 1.82) is 0 Å². The van der Waals surface area contributed by atoms with Gasteiger partial charge >= 0.3 is 0 Å². The van der Waals surface area contributed by atoms with Crippen LogP contribution < -0.4 is 15.4 Å². The molecule has 0 amide bonds. The third kappa shape index (κ3) is 6.47. The van der Waals surface area contributed by atoms with E-state index < -0.39 is 0 Å². The van der Waals surface area contributed by atoms with Gasteiger partial charge in [-0.3, -0.25) is 0 Å². The molecular formula is C18H31IN4O. The molecule has 1 aromatic carbocycles. The first-order chi connectivity index (χ1) is 11.2. The number of hydrogen-bond acceptors (Lipinski definition) is 3. The fourth-order valence-corrected chi connectivity index (χ4v) is 2.79. The highest BCUT2D eigenvalue weighted by Crippen LogP contribution is 2.34. The van der Waals surface area contributed by atoms with Gasteiger partial charge in [0.2, 0.25) is 0 Å². The van der Waals surface area contributed by atoms with E-state index in [1.165, 1.54) is 12.8 Å². The van der Waals surface area contributed by atoms with Crippen molar-refractivity contribution < 1.29 is 4.74 Å². The summed E-state index contributed by atoms with van der Waals surface area (Å²) in [4.78, 5) is 7.01. The van der Waals surface area contributed by atoms with Crippen molar-refractivity contribution in [2.75, 3.05) is 34.3 Å². The number of aliphatic imine (C=N–C) groups is 1. The number of ether oxygens (including phenoxy) is 1. The standard InChI is InChI=1S/C18H30N4O.HI/c1-5-19-18(21-13-16(22(2)3)14-10-11-14)20-12-15-8-6-7-9-17(15)23-4;/h6-9,14,16H,5,10-13H2,1-4H3,(H2,19,20,21);1H. The summed E-state index contributed by atoms with van der Waals surface area (Å²) in [6.07, 6.45) is 2.69. The number of rotatable bonds is 8. The Bertz CT molecular complexity index is 515. The second kappa shape index (κ2) is 10.8. The molecule has 0 aliphatic heterocycles. The molecule has 1 aromatic rings. The summed E-state index contributed by atoms with van der Waals surface area (Å²) in [5.74, 6) is 2.58. The van der Waals surface area contributed by atoms with Crippen molar-refractivity contribution in [3.63, 3.8) is 0 Å². The van der Waals surface area contributed by atoms with Gasteiger partial charge in [0.25, 0.3) is 0 Å². The van der Waals surface area contributed by atoms with Gasteiger partial charge in [0.1, 0.15) is 5.75 Å². The Labute approximate surface area is 163 Å². The first-order valence-corrected chi connectivity index (χ1v) is 8.46. The zero-order valence-electron chi connectivity index (χ0n) is 15.2. The number of nitrogens with zero attached hydrogens (tertiary/aromatic N) is 2. The predicted molar refractivity (Wildman–Crippen MR) is 111 cm³/mol. The Morgan fingerprint density at radius 1 is 1.29 bits per heavy atom. The van der Waals surface area contributed by atoms with Gasteiger partial charge in [-0.05, 0) is 45.8 Å². The van der Waals surface area contributed by atoms with Gasteiger partial charge in [0.15, 0.2) is 5.96 Å². The fraction of sp³-hybridized carbons (Fsp3) is 0.611. The molecule has 24 heavy (non-hydrogen) atoms. The molecular weight excluding hydrogens is 415 g/mol. The minimum Gasteiger partial charge on any atom is -0.496 e. The molecule has 0 heterocycles. The lowest BCUT2D eigenvalue weighted by Crippen LogP contribution is -2.46. The Morgan fingerprint density at radius 3 is 2.58 bits per heavy atom. The van der Waals surface area contributed by atoms with Gasteiger partial charge in [-0.2, -0.15) is 0 Å². The number of benzene rings is 1. The highest BCUT2D eigenvalue weighted by atomic mass is 127. The summed E-state index contributed by atoms with van der Waals surface area (Å²) in [6, 6.07) is 8.60. The summed E-state index contributed by atoms with van der Waals surface area (Å²) in [5, 5.41) is 6.81. The van der Waals surface area contributed by atoms with Crippen molar-refractivity contribution in [3.8, 4) is 5.75 Å².